The molecule has 59 heavy (non-hydrogen) atoms. The highest BCUT2D eigenvalue weighted by atomic mass is 16.6. The van der Waals surface area contributed by atoms with Crippen molar-refractivity contribution in [2.45, 2.75) is 232 Å². The fraction of sp³-hybridized carbons (Fsp3) is 0.717. The Bertz CT molecular complexity index is 1130. The van der Waals surface area contributed by atoms with E-state index >= 15 is 0 Å². The molecule has 6 nitrogen and oxygen atoms in total. The van der Waals surface area contributed by atoms with Gasteiger partial charge >= 0.3 is 17.9 Å². The number of carbonyl (C=O) groups excluding carboxylic acids is 3. The Labute approximate surface area is 363 Å². The zero-order chi connectivity index (χ0) is 43.0. The lowest BCUT2D eigenvalue weighted by molar-refractivity contribution is -0.167. The molecule has 0 fully saturated rings. The molecule has 0 bridgehead atoms. The Balaban J connectivity index is 4.42. The minimum Gasteiger partial charge on any atom is -0.462 e. The van der Waals surface area contributed by atoms with E-state index in [2.05, 4.69) is 69.4 Å². The van der Waals surface area contributed by atoms with Crippen LogP contribution in [0.5, 0.6) is 0 Å². The van der Waals surface area contributed by atoms with Crippen LogP contribution in [0.2, 0.25) is 0 Å². The van der Waals surface area contributed by atoms with Crippen molar-refractivity contribution in [2.75, 3.05) is 13.2 Å². The van der Waals surface area contributed by atoms with Crippen LogP contribution in [0.15, 0.2) is 72.9 Å². The molecule has 0 rings (SSSR count). The van der Waals surface area contributed by atoms with E-state index in [4.69, 9.17) is 14.2 Å². The molecule has 0 aliphatic rings. The second kappa shape index (κ2) is 47.5. The van der Waals surface area contributed by atoms with Crippen molar-refractivity contribution in [3.8, 4) is 0 Å². The van der Waals surface area contributed by atoms with Crippen LogP contribution in [0.1, 0.15) is 226 Å². The lowest BCUT2D eigenvalue weighted by atomic mass is 10.0. The van der Waals surface area contributed by atoms with Gasteiger partial charge in [-0.2, -0.15) is 0 Å². The molecule has 0 aliphatic carbocycles. The van der Waals surface area contributed by atoms with Crippen molar-refractivity contribution in [2.24, 2.45) is 0 Å². The highest BCUT2D eigenvalue weighted by Gasteiger charge is 2.19. The topological polar surface area (TPSA) is 78.9 Å². The highest BCUT2D eigenvalue weighted by molar-refractivity contribution is 5.71. The second-order valence-corrected chi connectivity index (χ2v) is 16.1. The maximum atomic E-state index is 12.7. The van der Waals surface area contributed by atoms with Gasteiger partial charge in [-0.1, -0.05) is 222 Å². The van der Waals surface area contributed by atoms with Gasteiger partial charge in [0, 0.05) is 19.3 Å². The fourth-order valence-corrected chi connectivity index (χ4v) is 6.57. The number of carbonyl (C=O) groups is 3. The lowest BCUT2D eigenvalue weighted by Gasteiger charge is -2.18. The number of rotatable bonds is 43. The van der Waals surface area contributed by atoms with Crippen molar-refractivity contribution in [3.63, 3.8) is 0 Å². The molecular weight excluding hydrogens is 733 g/mol. The molecule has 1 unspecified atom stereocenters. The van der Waals surface area contributed by atoms with Crippen molar-refractivity contribution >= 4 is 17.9 Å². The number of hydrogen-bond acceptors (Lipinski definition) is 6. The van der Waals surface area contributed by atoms with Crippen LogP contribution in [0.25, 0.3) is 0 Å². The first-order chi connectivity index (χ1) is 29.0. The summed E-state index contributed by atoms with van der Waals surface area (Å²) in [6.07, 6.45) is 58.8. The van der Waals surface area contributed by atoms with Crippen LogP contribution < -0.4 is 0 Å². The van der Waals surface area contributed by atoms with Gasteiger partial charge in [-0.15, -0.1) is 0 Å². The molecular formula is C53H90O6. The summed E-state index contributed by atoms with van der Waals surface area (Å²) in [5.41, 5.74) is 0. The van der Waals surface area contributed by atoms with Gasteiger partial charge in [0.15, 0.2) is 6.10 Å². The molecule has 0 N–H and O–H groups in total. The molecule has 0 radical (unpaired) electrons. The van der Waals surface area contributed by atoms with E-state index in [0.717, 1.165) is 103 Å². The smallest absolute Gasteiger partial charge is 0.306 e. The van der Waals surface area contributed by atoms with Gasteiger partial charge in [0.05, 0.1) is 0 Å². The van der Waals surface area contributed by atoms with Crippen LogP contribution in [0.4, 0.5) is 0 Å². The van der Waals surface area contributed by atoms with E-state index < -0.39 is 6.10 Å². The minimum absolute atomic E-state index is 0.0890. The number of esters is 3. The third kappa shape index (κ3) is 45.8. The number of hydrogen-bond donors (Lipinski definition) is 0. The van der Waals surface area contributed by atoms with Gasteiger partial charge in [-0.25, -0.2) is 0 Å². The number of unbranched alkanes of at least 4 members (excludes halogenated alkanes) is 24. The summed E-state index contributed by atoms with van der Waals surface area (Å²) in [5, 5.41) is 0. The third-order valence-corrected chi connectivity index (χ3v) is 10.3. The van der Waals surface area contributed by atoms with E-state index in [9.17, 15) is 14.4 Å². The molecule has 338 valence electrons. The Kier molecular flexibility index (Phi) is 45.0. The van der Waals surface area contributed by atoms with E-state index in [1.807, 2.05) is 24.3 Å². The van der Waals surface area contributed by atoms with Gasteiger partial charge in [0.25, 0.3) is 0 Å². The van der Waals surface area contributed by atoms with Gasteiger partial charge in [0.2, 0.25) is 0 Å². The van der Waals surface area contributed by atoms with Crippen LogP contribution in [0, 0.1) is 0 Å². The number of ether oxygens (including phenoxy) is 3. The molecule has 0 aromatic heterocycles. The molecule has 0 amide bonds. The summed E-state index contributed by atoms with van der Waals surface area (Å²) in [5.74, 6) is -0.927. The van der Waals surface area contributed by atoms with Crippen LogP contribution in [-0.2, 0) is 28.6 Å². The summed E-state index contributed by atoms with van der Waals surface area (Å²) in [6.45, 7) is 6.47. The molecule has 0 saturated heterocycles. The normalized spacial score (nSPS) is 12.7. The maximum absolute atomic E-state index is 12.7. The molecule has 0 spiro atoms. The van der Waals surface area contributed by atoms with Gasteiger partial charge in [-0.05, 0) is 57.8 Å². The zero-order valence-electron chi connectivity index (χ0n) is 38.5. The number of allylic oxidation sites excluding steroid dienone is 12. The highest BCUT2D eigenvalue weighted by Crippen LogP contribution is 2.15. The zero-order valence-corrected chi connectivity index (χ0v) is 38.5. The molecule has 6 heteroatoms. The minimum atomic E-state index is -0.787. The van der Waals surface area contributed by atoms with Gasteiger partial charge in [0.1, 0.15) is 13.2 Å². The summed E-state index contributed by atoms with van der Waals surface area (Å²) < 4.78 is 16.7. The lowest BCUT2D eigenvalue weighted by Crippen LogP contribution is -2.30. The SMILES string of the molecule is CCC\C=C/C=C\C=C/C=C\C=C/CCCCCCCC(=O)OCC(COC(=O)CCCCCC/C=C\CCCC)OC(=O)CCCCCCCCCCCCCCC. The quantitative estimate of drug-likeness (QED) is 0.0200. The molecule has 0 aromatic carbocycles. The summed E-state index contributed by atoms with van der Waals surface area (Å²) >= 11 is 0. The Morgan fingerprint density at radius 3 is 1.12 bits per heavy atom. The first-order valence-corrected chi connectivity index (χ1v) is 24.5. The van der Waals surface area contributed by atoms with Crippen LogP contribution in [-0.4, -0.2) is 37.2 Å². The van der Waals surface area contributed by atoms with E-state index in [0.29, 0.717) is 19.3 Å². The van der Waals surface area contributed by atoms with Crippen molar-refractivity contribution in [3.05, 3.63) is 72.9 Å². The maximum Gasteiger partial charge on any atom is 0.306 e. The standard InChI is InChI=1S/C53H90O6/c1-4-7-10-13-16-19-22-24-25-26-27-28-30-31-34-37-40-43-46-52(55)58-49-50(48-57-51(54)45-42-39-36-33-21-18-15-12-9-6-3)59-53(56)47-44-41-38-35-32-29-23-20-17-14-11-8-5-2/h10,13,15-16,18-19,22,24-28,50H,4-9,11-12,14,17,20-21,23,29-49H2,1-3H3/b13-10-,18-15-,19-16-,24-22-,26-25-,28-27-. The molecule has 0 heterocycles. The monoisotopic (exact) mass is 823 g/mol. The molecule has 0 aromatic rings. The predicted octanol–water partition coefficient (Wildman–Crippen LogP) is 15.9. The van der Waals surface area contributed by atoms with Crippen molar-refractivity contribution in [1.82, 2.24) is 0 Å². The Morgan fingerprint density at radius 2 is 0.678 bits per heavy atom. The Hall–Kier alpha value is -3.15. The van der Waals surface area contributed by atoms with E-state index in [1.54, 1.807) is 0 Å². The van der Waals surface area contributed by atoms with Crippen molar-refractivity contribution in [1.29, 1.82) is 0 Å². The summed E-state index contributed by atoms with van der Waals surface area (Å²) in [4.78, 5) is 37.8. The average Bonchev–Trinajstić information content (AvgIpc) is 3.23. The van der Waals surface area contributed by atoms with Crippen LogP contribution in [0.3, 0.4) is 0 Å². The summed E-state index contributed by atoms with van der Waals surface area (Å²) in [6, 6.07) is 0. The average molecular weight is 823 g/mol. The first-order valence-electron chi connectivity index (χ1n) is 24.5. The first kappa shape index (κ1) is 55.9. The van der Waals surface area contributed by atoms with Gasteiger partial charge in [-0.3, -0.25) is 14.4 Å². The van der Waals surface area contributed by atoms with Crippen molar-refractivity contribution < 1.29 is 28.6 Å². The largest absolute Gasteiger partial charge is 0.462 e. The third-order valence-electron chi connectivity index (χ3n) is 10.3. The van der Waals surface area contributed by atoms with E-state index in [1.165, 1.54) is 83.5 Å². The van der Waals surface area contributed by atoms with E-state index in [-0.39, 0.29) is 31.1 Å². The molecule has 0 saturated carbocycles. The Morgan fingerprint density at radius 1 is 0.339 bits per heavy atom. The van der Waals surface area contributed by atoms with Crippen LogP contribution >= 0.6 is 0 Å². The molecule has 0 aliphatic heterocycles. The van der Waals surface area contributed by atoms with Gasteiger partial charge < -0.3 is 14.2 Å². The second-order valence-electron chi connectivity index (χ2n) is 16.1. The fourth-order valence-electron chi connectivity index (χ4n) is 6.57. The molecule has 1 atom stereocenters. The summed E-state index contributed by atoms with van der Waals surface area (Å²) in [7, 11) is 0. The predicted molar refractivity (Wildman–Crippen MR) is 251 cm³/mol.